The fraction of sp³-hybridized carbons (Fsp3) is 0.0370. The highest BCUT2D eigenvalue weighted by Gasteiger charge is 2.14. The fourth-order valence-electron chi connectivity index (χ4n) is 3.64. The molecule has 0 radical (unpaired) electrons. The van der Waals surface area contributed by atoms with Crippen LogP contribution in [0.15, 0.2) is 91.1 Å². The molecular weight excluding hydrogens is 426 g/mol. The number of nitrogens with zero attached hydrogens (tertiary/aromatic N) is 2. The van der Waals surface area contributed by atoms with E-state index in [0.29, 0.717) is 34.0 Å². The smallest absolute Gasteiger partial charge is 0.256 e. The number of pyridine rings is 1. The molecule has 0 saturated heterocycles. The van der Waals surface area contributed by atoms with E-state index in [0.717, 1.165) is 16.6 Å². The Morgan fingerprint density at radius 1 is 0.794 bits per heavy atom. The lowest BCUT2D eigenvalue weighted by Crippen LogP contribution is -2.16. The number of fused-ring (bicyclic) bond motifs is 1. The number of hydrogen-bond donors (Lipinski definition) is 3. The summed E-state index contributed by atoms with van der Waals surface area (Å²) in [6, 6.07) is 25.7. The van der Waals surface area contributed by atoms with Gasteiger partial charge in [-0.05, 0) is 42.8 Å². The van der Waals surface area contributed by atoms with Gasteiger partial charge >= 0.3 is 0 Å². The predicted molar refractivity (Wildman–Crippen MR) is 133 cm³/mol. The Balaban J connectivity index is 1.35. The van der Waals surface area contributed by atoms with E-state index in [-0.39, 0.29) is 11.8 Å². The van der Waals surface area contributed by atoms with Crippen LogP contribution in [0.5, 0.6) is 0 Å². The van der Waals surface area contributed by atoms with Crippen LogP contribution in [0.25, 0.3) is 22.6 Å². The summed E-state index contributed by atoms with van der Waals surface area (Å²) in [4.78, 5) is 37.6. The van der Waals surface area contributed by atoms with Crippen LogP contribution in [-0.4, -0.2) is 26.8 Å². The van der Waals surface area contributed by atoms with E-state index in [1.165, 1.54) is 0 Å². The second-order valence-electron chi connectivity index (χ2n) is 7.85. The van der Waals surface area contributed by atoms with Gasteiger partial charge in [-0.3, -0.25) is 9.59 Å². The van der Waals surface area contributed by atoms with Gasteiger partial charge in [-0.1, -0.05) is 54.6 Å². The van der Waals surface area contributed by atoms with Crippen molar-refractivity contribution in [1.29, 1.82) is 0 Å². The van der Waals surface area contributed by atoms with Crippen molar-refractivity contribution in [1.82, 2.24) is 15.0 Å². The topological polar surface area (TPSA) is 99.8 Å². The van der Waals surface area contributed by atoms with Crippen LogP contribution < -0.4 is 10.6 Å². The number of nitrogens with one attached hydrogen (secondary N) is 3. The molecule has 2 amide bonds. The molecular formula is C27H21N5O2. The van der Waals surface area contributed by atoms with Crippen molar-refractivity contribution in [3.8, 4) is 11.4 Å². The molecule has 0 saturated carbocycles. The van der Waals surface area contributed by atoms with Crippen molar-refractivity contribution in [2.24, 2.45) is 0 Å². The first-order valence-electron chi connectivity index (χ1n) is 10.8. The van der Waals surface area contributed by atoms with Crippen LogP contribution in [0.2, 0.25) is 0 Å². The first-order chi connectivity index (χ1) is 16.6. The second kappa shape index (κ2) is 8.99. The van der Waals surface area contributed by atoms with Crippen molar-refractivity contribution in [3.63, 3.8) is 0 Å². The van der Waals surface area contributed by atoms with Gasteiger partial charge in [-0.15, -0.1) is 0 Å². The lowest BCUT2D eigenvalue weighted by Gasteiger charge is -2.11. The lowest BCUT2D eigenvalue weighted by molar-refractivity contribution is 0.101. The van der Waals surface area contributed by atoms with Crippen LogP contribution in [0.3, 0.4) is 0 Å². The number of aromatic amines is 1. The number of rotatable bonds is 5. The SMILES string of the molecule is Cc1ccc(NC(=O)c2ccccc2)cc1C(=O)Nc1cnc2nc(-c3ccccc3)[nH]c2c1. The Labute approximate surface area is 195 Å². The highest BCUT2D eigenvalue weighted by molar-refractivity contribution is 6.08. The molecule has 34 heavy (non-hydrogen) atoms. The van der Waals surface area contributed by atoms with Gasteiger partial charge in [0.15, 0.2) is 5.65 Å². The van der Waals surface area contributed by atoms with Gasteiger partial charge in [0.05, 0.1) is 17.4 Å². The average Bonchev–Trinajstić information content (AvgIpc) is 3.30. The number of aryl methyl sites for hydroxylation is 1. The zero-order chi connectivity index (χ0) is 23.5. The molecule has 2 heterocycles. The zero-order valence-electron chi connectivity index (χ0n) is 18.4. The van der Waals surface area contributed by atoms with E-state index >= 15 is 0 Å². The number of amides is 2. The van der Waals surface area contributed by atoms with E-state index in [2.05, 4.69) is 25.6 Å². The number of carbonyl (C=O) groups excluding carboxylic acids is 2. The normalized spacial score (nSPS) is 10.7. The Hall–Kier alpha value is -4.78. The summed E-state index contributed by atoms with van der Waals surface area (Å²) in [6.07, 6.45) is 1.58. The van der Waals surface area contributed by atoms with Crippen molar-refractivity contribution >= 4 is 34.4 Å². The first kappa shape index (κ1) is 21.1. The maximum Gasteiger partial charge on any atom is 0.256 e. The van der Waals surface area contributed by atoms with Crippen molar-refractivity contribution < 1.29 is 9.59 Å². The molecule has 166 valence electrons. The number of aromatic nitrogens is 3. The van der Waals surface area contributed by atoms with Crippen LogP contribution in [0, 0.1) is 6.92 Å². The molecule has 3 N–H and O–H groups in total. The average molecular weight is 447 g/mol. The molecule has 2 aromatic heterocycles. The number of H-pyrrole nitrogens is 1. The molecule has 0 spiro atoms. The van der Waals surface area contributed by atoms with Gasteiger partial charge in [0.25, 0.3) is 11.8 Å². The summed E-state index contributed by atoms with van der Waals surface area (Å²) in [7, 11) is 0. The van der Waals surface area contributed by atoms with Crippen molar-refractivity contribution in [3.05, 3.63) is 108 Å². The van der Waals surface area contributed by atoms with Gasteiger partial charge in [-0.25, -0.2) is 9.97 Å². The van der Waals surface area contributed by atoms with Crippen LogP contribution in [-0.2, 0) is 0 Å². The molecule has 0 fully saturated rings. The number of benzene rings is 3. The third kappa shape index (κ3) is 4.40. The third-order valence-corrected chi connectivity index (χ3v) is 5.42. The van der Waals surface area contributed by atoms with E-state index in [1.54, 1.807) is 54.7 Å². The summed E-state index contributed by atoms with van der Waals surface area (Å²) in [5.74, 6) is 0.181. The molecule has 0 unspecified atom stereocenters. The Bertz CT molecular complexity index is 1490. The summed E-state index contributed by atoms with van der Waals surface area (Å²) >= 11 is 0. The maximum atomic E-state index is 13.0. The van der Waals surface area contributed by atoms with Gasteiger partial charge in [0.2, 0.25) is 0 Å². The van der Waals surface area contributed by atoms with E-state index in [1.807, 2.05) is 43.3 Å². The highest BCUT2D eigenvalue weighted by Crippen LogP contribution is 2.22. The Morgan fingerprint density at radius 3 is 2.26 bits per heavy atom. The third-order valence-electron chi connectivity index (χ3n) is 5.42. The molecule has 0 aliphatic heterocycles. The zero-order valence-corrected chi connectivity index (χ0v) is 18.4. The Kier molecular flexibility index (Phi) is 5.58. The van der Waals surface area contributed by atoms with Crippen molar-refractivity contribution in [2.45, 2.75) is 6.92 Å². The van der Waals surface area contributed by atoms with Crippen LogP contribution >= 0.6 is 0 Å². The minimum absolute atomic E-state index is 0.237. The van der Waals surface area contributed by atoms with Gasteiger partial charge in [-0.2, -0.15) is 0 Å². The van der Waals surface area contributed by atoms with Gasteiger partial charge in [0.1, 0.15) is 5.82 Å². The van der Waals surface area contributed by atoms with Crippen LogP contribution in [0.4, 0.5) is 11.4 Å². The number of hydrogen-bond acceptors (Lipinski definition) is 4. The van der Waals surface area contributed by atoms with Gasteiger partial charge in [0, 0.05) is 22.4 Å². The lowest BCUT2D eigenvalue weighted by atomic mass is 10.1. The quantitative estimate of drug-likeness (QED) is 0.334. The maximum absolute atomic E-state index is 13.0. The largest absolute Gasteiger partial charge is 0.337 e. The standard InChI is InChI=1S/C27H21N5O2/c1-17-12-13-20(29-26(33)19-10-6-3-7-11-19)14-22(17)27(34)30-21-15-23-25(28-16-21)32-24(31-23)18-8-4-2-5-9-18/h2-16H,1H3,(H,29,33)(H,30,34)(H,28,31,32). The molecule has 0 aliphatic rings. The van der Waals surface area contributed by atoms with E-state index < -0.39 is 0 Å². The molecule has 5 aromatic rings. The van der Waals surface area contributed by atoms with Gasteiger partial charge < -0.3 is 15.6 Å². The first-order valence-corrected chi connectivity index (χ1v) is 10.8. The molecule has 5 rings (SSSR count). The summed E-state index contributed by atoms with van der Waals surface area (Å²) < 4.78 is 0. The number of carbonyl (C=O) groups is 2. The molecule has 0 aliphatic carbocycles. The molecule has 3 aromatic carbocycles. The van der Waals surface area contributed by atoms with Crippen molar-refractivity contribution in [2.75, 3.05) is 10.6 Å². The summed E-state index contributed by atoms with van der Waals surface area (Å²) in [5, 5.41) is 5.73. The van der Waals surface area contributed by atoms with E-state index in [4.69, 9.17) is 0 Å². The van der Waals surface area contributed by atoms with Crippen LogP contribution in [0.1, 0.15) is 26.3 Å². The second-order valence-corrected chi connectivity index (χ2v) is 7.85. The number of imidazole rings is 1. The molecule has 7 nitrogen and oxygen atoms in total. The van der Waals surface area contributed by atoms with E-state index in [9.17, 15) is 9.59 Å². The predicted octanol–water partition coefficient (Wildman–Crippen LogP) is 5.44. The Morgan fingerprint density at radius 2 is 1.50 bits per heavy atom. The molecule has 7 heteroatoms. The molecule has 0 bridgehead atoms. The fourth-order valence-corrected chi connectivity index (χ4v) is 3.64. The summed E-state index contributed by atoms with van der Waals surface area (Å²) in [5.41, 5.74) is 5.12. The highest BCUT2D eigenvalue weighted by atomic mass is 16.2. The minimum Gasteiger partial charge on any atom is -0.337 e. The molecule has 0 atom stereocenters. The minimum atomic E-state index is -0.294. The number of anilines is 2. The monoisotopic (exact) mass is 447 g/mol. The summed E-state index contributed by atoms with van der Waals surface area (Å²) in [6.45, 7) is 1.85.